The minimum absolute atomic E-state index is 0.0932. The van der Waals surface area contributed by atoms with Gasteiger partial charge in [-0.25, -0.2) is 0 Å². The normalized spacial score (nSPS) is 11.2. The highest BCUT2D eigenvalue weighted by Crippen LogP contribution is 2.28. The maximum atomic E-state index is 12.5. The van der Waals surface area contributed by atoms with Crippen molar-refractivity contribution >= 4 is 23.7 Å². The summed E-state index contributed by atoms with van der Waals surface area (Å²) in [6, 6.07) is 16.3. The Morgan fingerprint density at radius 1 is 1.03 bits per heavy atom. The number of aromatic nitrogens is 5. The van der Waals surface area contributed by atoms with Crippen molar-refractivity contribution in [2.75, 3.05) is 11.1 Å². The lowest BCUT2D eigenvalue weighted by Crippen LogP contribution is -2.15. The Balaban J connectivity index is 1.57. The highest BCUT2D eigenvalue weighted by Gasteiger charge is 2.18. The summed E-state index contributed by atoms with van der Waals surface area (Å²) in [6.45, 7) is 7.97. The fourth-order valence-electron chi connectivity index (χ4n) is 3.06. The molecule has 2 aromatic heterocycles. The lowest BCUT2D eigenvalue weighted by Gasteiger charge is -2.11. The number of amides is 1. The summed E-state index contributed by atoms with van der Waals surface area (Å²) in [5, 5.41) is 19.9. The summed E-state index contributed by atoms with van der Waals surface area (Å²) in [5.41, 5.74) is 4.18. The van der Waals surface area contributed by atoms with Gasteiger partial charge in [-0.1, -0.05) is 72.2 Å². The summed E-state index contributed by atoms with van der Waals surface area (Å²) < 4.78 is 7.42. The van der Waals surface area contributed by atoms with Gasteiger partial charge in [-0.3, -0.25) is 14.7 Å². The van der Waals surface area contributed by atoms with Gasteiger partial charge in [-0.05, 0) is 32.0 Å². The molecule has 2 aromatic carbocycles. The zero-order valence-corrected chi connectivity index (χ0v) is 19.2. The van der Waals surface area contributed by atoms with Crippen LogP contribution in [0.4, 0.5) is 6.01 Å². The molecule has 8 nitrogen and oxygen atoms in total. The first-order valence-corrected chi connectivity index (χ1v) is 11.2. The quantitative estimate of drug-likeness (QED) is 0.406. The molecule has 32 heavy (non-hydrogen) atoms. The van der Waals surface area contributed by atoms with E-state index in [0.29, 0.717) is 11.0 Å². The molecule has 0 aliphatic rings. The van der Waals surface area contributed by atoms with Gasteiger partial charge in [0.2, 0.25) is 11.8 Å². The summed E-state index contributed by atoms with van der Waals surface area (Å²) in [6.07, 6.45) is 0. The number of benzene rings is 2. The largest absolute Gasteiger partial charge is 0.408 e. The van der Waals surface area contributed by atoms with Crippen molar-refractivity contribution in [3.63, 3.8) is 0 Å². The topological polar surface area (TPSA) is 98.7 Å². The Bertz CT molecular complexity index is 1230. The molecule has 1 amide bonds. The summed E-state index contributed by atoms with van der Waals surface area (Å²) in [4.78, 5) is 12.5. The molecule has 0 radical (unpaired) electrons. The molecular weight excluding hydrogens is 424 g/mol. The predicted molar refractivity (Wildman–Crippen MR) is 124 cm³/mol. The van der Waals surface area contributed by atoms with E-state index in [4.69, 9.17) is 4.42 Å². The third-order valence-electron chi connectivity index (χ3n) is 4.72. The molecule has 0 saturated carbocycles. The van der Waals surface area contributed by atoms with Crippen molar-refractivity contribution in [2.24, 2.45) is 0 Å². The lowest BCUT2D eigenvalue weighted by molar-refractivity contribution is -0.113. The average molecular weight is 449 g/mol. The number of anilines is 1. The Kier molecular flexibility index (Phi) is 6.36. The van der Waals surface area contributed by atoms with Crippen molar-refractivity contribution < 1.29 is 9.21 Å². The molecule has 4 rings (SSSR count). The highest BCUT2D eigenvalue weighted by atomic mass is 32.2. The molecule has 164 valence electrons. The second kappa shape index (κ2) is 9.35. The second-order valence-electron chi connectivity index (χ2n) is 7.78. The molecule has 0 spiro atoms. The fraction of sp³-hybridized carbons (Fsp3) is 0.261. The van der Waals surface area contributed by atoms with Crippen LogP contribution >= 0.6 is 11.8 Å². The predicted octanol–water partition coefficient (Wildman–Crippen LogP) is 4.79. The van der Waals surface area contributed by atoms with E-state index in [-0.39, 0.29) is 23.6 Å². The monoisotopic (exact) mass is 448 g/mol. The summed E-state index contributed by atoms with van der Waals surface area (Å²) in [5.74, 6) is 1.16. The van der Waals surface area contributed by atoms with Crippen LogP contribution in [0.2, 0.25) is 0 Å². The maximum absolute atomic E-state index is 12.5. The third kappa shape index (κ3) is 4.88. The van der Waals surface area contributed by atoms with Gasteiger partial charge in [0, 0.05) is 17.2 Å². The Morgan fingerprint density at radius 2 is 1.81 bits per heavy atom. The van der Waals surface area contributed by atoms with Crippen LogP contribution in [-0.2, 0) is 4.79 Å². The van der Waals surface area contributed by atoms with E-state index in [1.165, 1.54) is 11.8 Å². The first kappa shape index (κ1) is 21.8. The van der Waals surface area contributed by atoms with Gasteiger partial charge in [-0.15, -0.1) is 15.3 Å². The minimum atomic E-state index is -0.260. The zero-order chi connectivity index (χ0) is 22.7. The van der Waals surface area contributed by atoms with Gasteiger partial charge in [-0.2, -0.15) is 0 Å². The van der Waals surface area contributed by atoms with Crippen LogP contribution in [0.15, 0.2) is 58.1 Å². The van der Waals surface area contributed by atoms with E-state index < -0.39 is 0 Å². The molecule has 4 aromatic rings. The van der Waals surface area contributed by atoms with Gasteiger partial charge in [0.1, 0.15) is 0 Å². The molecule has 0 fully saturated rings. The molecule has 0 aliphatic heterocycles. The van der Waals surface area contributed by atoms with Crippen molar-refractivity contribution in [1.82, 2.24) is 25.0 Å². The van der Waals surface area contributed by atoms with E-state index >= 15 is 0 Å². The number of hydrogen-bond acceptors (Lipinski definition) is 7. The van der Waals surface area contributed by atoms with Gasteiger partial charge in [0.25, 0.3) is 0 Å². The smallest absolute Gasteiger partial charge is 0.322 e. The number of aryl methyl sites for hydroxylation is 2. The van der Waals surface area contributed by atoms with Crippen LogP contribution in [0.1, 0.15) is 36.8 Å². The fourth-order valence-corrected chi connectivity index (χ4v) is 3.82. The SMILES string of the molecule is Cc1ccc(-n2c(SCC(=O)Nc3nnc(C(C)C)o3)nnc2-c2cccc(C)c2)cc1. The first-order chi connectivity index (χ1) is 15.4. The molecule has 0 atom stereocenters. The molecule has 0 saturated heterocycles. The van der Waals surface area contributed by atoms with E-state index in [1.807, 2.05) is 74.7 Å². The number of thioether (sulfide) groups is 1. The van der Waals surface area contributed by atoms with Crippen LogP contribution in [-0.4, -0.2) is 36.6 Å². The van der Waals surface area contributed by atoms with Crippen LogP contribution in [0.5, 0.6) is 0 Å². The van der Waals surface area contributed by atoms with E-state index in [1.54, 1.807) is 0 Å². The maximum Gasteiger partial charge on any atom is 0.322 e. The molecule has 1 N–H and O–H groups in total. The van der Waals surface area contributed by atoms with Crippen molar-refractivity contribution in [3.05, 3.63) is 65.5 Å². The average Bonchev–Trinajstić information content (AvgIpc) is 3.40. The van der Waals surface area contributed by atoms with Crippen molar-refractivity contribution in [2.45, 2.75) is 38.8 Å². The number of hydrogen-bond donors (Lipinski definition) is 1. The number of nitrogens with zero attached hydrogens (tertiary/aromatic N) is 5. The molecular formula is C23H24N6O2S. The summed E-state index contributed by atoms with van der Waals surface area (Å²) >= 11 is 1.29. The van der Waals surface area contributed by atoms with Crippen LogP contribution in [0.25, 0.3) is 17.1 Å². The number of rotatable bonds is 7. The number of nitrogens with one attached hydrogen (secondary N) is 1. The standard InChI is InChI=1S/C23H24N6O2S/c1-14(2)21-26-27-22(31-21)24-19(30)13-32-23-28-25-20(17-7-5-6-16(4)12-17)29(23)18-10-8-15(3)9-11-18/h5-12,14H,13H2,1-4H3,(H,24,27,30). The second-order valence-corrected chi connectivity index (χ2v) is 8.73. The Labute approximate surface area is 190 Å². The van der Waals surface area contributed by atoms with E-state index in [0.717, 1.165) is 28.2 Å². The minimum Gasteiger partial charge on any atom is -0.408 e. The van der Waals surface area contributed by atoms with E-state index in [9.17, 15) is 4.79 Å². The van der Waals surface area contributed by atoms with Gasteiger partial charge in [0.15, 0.2) is 11.0 Å². The molecule has 0 unspecified atom stereocenters. The number of carbonyl (C=O) groups is 1. The Hall–Kier alpha value is -3.46. The molecule has 0 bridgehead atoms. The van der Waals surface area contributed by atoms with E-state index in [2.05, 4.69) is 31.8 Å². The highest BCUT2D eigenvalue weighted by molar-refractivity contribution is 7.99. The first-order valence-electron chi connectivity index (χ1n) is 10.3. The van der Waals surface area contributed by atoms with Crippen LogP contribution in [0.3, 0.4) is 0 Å². The Morgan fingerprint density at radius 3 is 2.50 bits per heavy atom. The van der Waals surface area contributed by atoms with Crippen molar-refractivity contribution in [1.29, 1.82) is 0 Å². The zero-order valence-electron chi connectivity index (χ0n) is 18.4. The van der Waals surface area contributed by atoms with Gasteiger partial charge in [0.05, 0.1) is 5.75 Å². The van der Waals surface area contributed by atoms with Crippen LogP contribution < -0.4 is 5.32 Å². The van der Waals surface area contributed by atoms with Gasteiger partial charge < -0.3 is 4.42 Å². The van der Waals surface area contributed by atoms with Crippen LogP contribution in [0, 0.1) is 13.8 Å². The lowest BCUT2D eigenvalue weighted by atomic mass is 10.1. The number of carbonyl (C=O) groups excluding carboxylic acids is 1. The molecule has 2 heterocycles. The summed E-state index contributed by atoms with van der Waals surface area (Å²) in [7, 11) is 0. The van der Waals surface area contributed by atoms with Gasteiger partial charge >= 0.3 is 6.01 Å². The van der Waals surface area contributed by atoms with Crippen molar-refractivity contribution in [3.8, 4) is 17.1 Å². The molecule has 9 heteroatoms. The molecule has 0 aliphatic carbocycles. The third-order valence-corrected chi connectivity index (χ3v) is 5.64.